The van der Waals surface area contributed by atoms with E-state index < -0.39 is 0 Å². The summed E-state index contributed by atoms with van der Waals surface area (Å²) in [5, 5.41) is 3.39. The van der Waals surface area contributed by atoms with Gasteiger partial charge in [-0.3, -0.25) is 4.79 Å². The van der Waals surface area contributed by atoms with Crippen LogP contribution >= 0.6 is 0 Å². The lowest BCUT2D eigenvalue weighted by atomic mass is 10.1. The van der Waals surface area contributed by atoms with Crippen molar-refractivity contribution in [3.8, 4) is 0 Å². The van der Waals surface area contributed by atoms with Crippen LogP contribution in [0, 0.1) is 6.92 Å². The summed E-state index contributed by atoms with van der Waals surface area (Å²) in [6, 6.07) is 2.04. The predicted octanol–water partition coefficient (Wildman–Crippen LogP) is 0.657. The first kappa shape index (κ1) is 12.1. The summed E-state index contributed by atoms with van der Waals surface area (Å²) in [5.74, 6) is 1.47. The summed E-state index contributed by atoms with van der Waals surface area (Å²) in [6.07, 6.45) is 2.34. The second-order valence-corrected chi connectivity index (χ2v) is 4.48. The van der Waals surface area contributed by atoms with Crippen LogP contribution in [0.4, 0.5) is 5.82 Å². The number of anilines is 1. The van der Waals surface area contributed by atoms with E-state index in [1.165, 1.54) is 6.42 Å². The van der Waals surface area contributed by atoms with E-state index >= 15 is 0 Å². The van der Waals surface area contributed by atoms with Gasteiger partial charge in [0.25, 0.3) is 5.56 Å². The highest BCUT2D eigenvalue weighted by Crippen LogP contribution is 2.16. The van der Waals surface area contributed by atoms with Crippen molar-refractivity contribution in [3.63, 3.8) is 0 Å². The molecule has 1 atom stereocenters. The lowest BCUT2D eigenvalue weighted by Gasteiger charge is -2.34. The first-order valence-electron chi connectivity index (χ1n) is 6.26. The molecule has 2 rings (SSSR count). The largest absolute Gasteiger partial charge is 0.352 e. The van der Waals surface area contributed by atoms with E-state index in [0.29, 0.717) is 11.9 Å². The summed E-state index contributed by atoms with van der Waals surface area (Å²) in [5.41, 5.74) is -0.0743. The van der Waals surface area contributed by atoms with Crippen molar-refractivity contribution in [2.75, 3.05) is 24.5 Å². The molecule has 1 unspecified atom stereocenters. The van der Waals surface area contributed by atoms with Gasteiger partial charge in [-0.05, 0) is 33.2 Å². The van der Waals surface area contributed by atoms with Gasteiger partial charge in [0.2, 0.25) is 0 Å². The minimum absolute atomic E-state index is 0.0743. The van der Waals surface area contributed by atoms with Crippen LogP contribution < -0.4 is 15.8 Å². The van der Waals surface area contributed by atoms with Crippen molar-refractivity contribution < 1.29 is 0 Å². The molecular formula is C12H20N4O. The van der Waals surface area contributed by atoms with Crippen molar-refractivity contribution in [1.29, 1.82) is 0 Å². The number of hydrogen-bond acceptors (Lipinski definition) is 4. The Balaban J connectivity index is 2.24. The number of nitrogens with zero attached hydrogens (tertiary/aromatic N) is 2. The molecule has 5 nitrogen and oxygen atoms in total. The molecule has 0 spiro atoms. The topological polar surface area (TPSA) is 61.0 Å². The predicted molar refractivity (Wildman–Crippen MR) is 68.5 cm³/mol. The fourth-order valence-electron chi connectivity index (χ4n) is 2.42. The molecule has 0 amide bonds. The molecule has 5 heteroatoms. The number of hydrogen-bond donors (Lipinski definition) is 2. The van der Waals surface area contributed by atoms with Gasteiger partial charge in [-0.2, -0.15) is 0 Å². The van der Waals surface area contributed by atoms with Crippen molar-refractivity contribution in [2.45, 2.75) is 32.7 Å². The van der Waals surface area contributed by atoms with E-state index in [9.17, 15) is 4.79 Å². The molecule has 0 saturated carbocycles. The van der Waals surface area contributed by atoms with Crippen molar-refractivity contribution in [2.24, 2.45) is 0 Å². The number of piperidine rings is 1. The summed E-state index contributed by atoms with van der Waals surface area (Å²) >= 11 is 0. The summed E-state index contributed by atoms with van der Waals surface area (Å²) in [7, 11) is 0. The van der Waals surface area contributed by atoms with Gasteiger partial charge in [-0.25, -0.2) is 4.98 Å². The Labute approximate surface area is 101 Å². The summed E-state index contributed by atoms with van der Waals surface area (Å²) in [6.45, 7) is 6.87. The molecule has 0 bridgehead atoms. The number of likely N-dealkylation sites (N-methyl/N-ethyl adjacent to an activating group) is 1. The first-order valence-corrected chi connectivity index (χ1v) is 6.26. The average Bonchev–Trinajstić information content (AvgIpc) is 2.30. The molecule has 0 radical (unpaired) electrons. The van der Waals surface area contributed by atoms with Crippen LogP contribution in [0.2, 0.25) is 0 Å². The van der Waals surface area contributed by atoms with Crippen LogP contribution in [0.25, 0.3) is 0 Å². The second kappa shape index (κ2) is 5.31. The third-order valence-corrected chi connectivity index (χ3v) is 3.19. The fourth-order valence-corrected chi connectivity index (χ4v) is 2.42. The molecule has 0 aromatic carbocycles. The minimum atomic E-state index is -0.0743. The van der Waals surface area contributed by atoms with Crippen molar-refractivity contribution in [3.05, 3.63) is 22.2 Å². The zero-order chi connectivity index (χ0) is 12.3. The Hall–Kier alpha value is -1.36. The van der Waals surface area contributed by atoms with E-state index in [1.807, 2.05) is 6.92 Å². The molecule has 1 aliphatic heterocycles. The van der Waals surface area contributed by atoms with E-state index in [0.717, 1.165) is 31.9 Å². The normalized spacial score (nSPS) is 20.2. The van der Waals surface area contributed by atoms with Crippen LogP contribution in [0.1, 0.15) is 25.6 Å². The van der Waals surface area contributed by atoms with Gasteiger partial charge < -0.3 is 15.2 Å². The SMILES string of the molecule is CCN(c1cc(=O)[nH]c(C)n1)C1CCCNC1. The highest BCUT2D eigenvalue weighted by atomic mass is 16.1. The zero-order valence-corrected chi connectivity index (χ0v) is 10.5. The lowest BCUT2D eigenvalue weighted by molar-refractivity contribution is 0.433. The van der Waals surface area contributed by atoms with Gasteiger partial charge >= 0.3 is 0 Å². The maximum absolute atomic E-state index is 11.5. The van der Waals surface area contributed by atoms with Crippen molar-refractivity contribution >= 4 is 5.82 Å². The Kier molecular flexibility index (Phi) is 3.78. The van der Waals surface area contributed by atoms with Crippen LogP contribution in [0.15, 0.2) is 10.9 Å². The zero-order valence-electron chi connectivity index (χ0n) is 10.5. The number of nitrogens with one attached hydrogen (secondary N) is 2. The quantitative estimate of drug-likeness (QED) is 0.809. The fraction of sp³-hybridized carbons (Fsp3) is 0.667. The summed E-state index contributed by atoms with van der Waals surface area (Å²) in [4.78, 5) is 20.8. The Morgan fingerprint density at radius 1 is 1.59 bits per heavy atom. The summed E-state index contributed by atoms with van der Waals surface area (Å²) < 4.78 is 0. The standard InChI is InChI=1S/C12H20N4O/c1-3-16(10-5-4-6-13-8-10)11-7-12(17)15-9(2)14-11/h7,10,13H,3-6,8H2,1-2H3,(H,14,15,17). The van der Waals surface area contributed by atoms with Gasteiger partial charge in [-0.1, -0.05) is 0 Å². The first-order chi connectivity index (χ1) is 8.20. The number of aromatic amines is 1. The number of aryl methyl sites for hydroxylation is 1. The lowest BCUT2D eigenvalue weighted by Crippen LogP contribution is -2.46. The number of aromatic nitrogens is 2. The second-order valence-electron chi connectivity index (χ2n) is 4.48. The van der Waals surface area contributed by atoms with Gasteiger partial charge in [0.05, 0.1) is 0 Å². The monoisotopic (exact) mass is 236 g/mol. The van der Waals surface area contributed by atoms with E-state index in [2.05, 4.69) is 27.1 Å². The molecule has 2 heterocycles. The molecule has 1 aromatic heterocycles. The maximum Gasteiger partial charge on any atom is 0.252 e. The third-order valence-electron chi connectivity index (χ3n) is 3.19. The van der Waals surface area contributed by atoms with Crippen LogP contribution in [0.3, 0.4) is 0 Å². The van der Waals surface area contributed by atoms with E-state index in [1.54, 1.807) is 6.07 Å². The van der Waals surface area contributed by atoms with Crippen LogP contribution in [-0.4, -0.2) is 35.6 Å². The van der Waals surface area contributed by atoms with Crippen LogP contribution in [0.5, 0.6) is 0 Å². The Morgan fingerprint density at radius 2 is 2.41 bits per heavy atom. The van der Waals surface area contributed by atoms with E-state index in [4.69, 9.17) is 0 Å². The molecule has 2 N–H and O–H groups in total. The van der Waals surface area contributed by atoms with E-state index in [-0.39, 0.29) is 5.56 Å². The molecule has 17 heavy (non-hydrogen) atoms. The molecule has 94 valence electrons. The van der Waals surface area contributed by atoms with Gasteiger partial charge in [0.1, 0.15) is 11.6 Å². The van der Waals surface area contributed by atoms with Crippen molar-refractivity contribution in [1.82, 2.24) is 15.3 Å². The Bertz CT molecular complexity index is 423. The third kappa shape index (κ3) is 2.85. The van der Waals surface area contributed by atoms with Gasteiger partial charge in [0.15, 0.2) is 0 Å². The Morgan fingerprint density at radius 3 is 3.00 bits per heavy atom. The molecule has 1 aliphatic rings. The molecule has 0 aliphatic carbocycles. The molecular weight excluding hydrogens is 216 g/mol. The number of rotatable bonds is 3. The van der Waals surface area contributed by atoms with Crippen LogP contribution in [-0.2, 0) is 0 Å². The van der Waals surface area contributed by atoms with Gasteiger partial charge in [0, 0.05) is 25.2 Å². The average molecular weight is 236 g/mol. The molecule has 1 aromatic rings. The minimum Gasteiger partial charge on any atom is -0.352 e. The maximum atomic E-state index is 11.5. The smallest absolute Gasteiger partial charge is 0.252 e. The highest BCUT2D eigenvalue weighted by Gasteiger charge is 2.21. The highest BCUT2D eigenvalue weighted by molar-refractivity contribution is 5.39. The number of H-pyrrole nitrogens is 1. The molecule has 1 fully saturated rings. The molecule has 1 saturated heterocycles. The van der Waals surface area contributed by atoms with Gasteiger partial charge in [-0.15, -0.1) is 0 Å².